The van der Waals surface area contributed by atoms with Crippen LogP contribution in [0.5, 0.6) is 5.75 Å². The fourth-order valence-electron chi connectivity index (χ4n) is 3.53. The Morgan fingerprint density at radius 1 is 1.19 bits per heavy atom. The van der Waals surface area contributed by atoms with E-state index in [-0.39, 0.29) is 35.8 Å². The minimum absolute atomic E-state index is 0. The molecule has 32 heavy (non-hydrogen) atoms. The summed E-state index contributed by atoms with van der Waals surface area (Å²) in [4.78, 5) is 28.5. The van der Waals surface area contributed by atoms with Crippen molar-refractivity contribution in [3.05, 3.63) is 59.2 Å². The number of aliphatic imine (C=N–C) groups is 1. The van der Waals surface area contributed by atoms with E-state index in [0.717, 1.165) is 16.8 Å². The predicted octanol–water partition coefficient (Wildman–Crippen LogP) is 3.28. The maximum Gasteiger partial charge on any atom is 0.341 e. The van der Waals surface area contributed by atoms with Gasteiger partial charge in [-0.25, -0.2) is 9.79 Å². The summed E-state index contributed by atoms with van der Waals surface area (Å²) in [6, 6.07) is 13.1. The van der Waals surface area contributed by atoms with Gasteiger partial charge in [0.2, 0.25) is 5.91 Å². The zero-order valence-corrected chi connectivity index (χ0v) is 20.8. The Bertz CT molecular complexity index is 980. The fraction of sp³-hybridized carbons (Fsp3) is 0.348. The highest BCUT2D eigenvalue weighted by molar-refractivity contribution is 14.0. The highest BCUT2D eigenvalue weighted by Gasteiger charge is 2.24. The van der Waals surface area contributed by atoms with E-state index in [1.54, 1.807) is 12.1 Å². The van der Waals surface area contributed by atoms with Crippen LogP contribution in [-0.2, 0) is 16.1 Å². The van der Waals surface area contributed by atoms with Crippen LogP contribution in [0.25, 0.3) is 0 Å². The molecule has 1 heterocycles. The minimum Gasteiger partial charge on any atom is -0.496 e. The fourth-order valence-corrected chi connectivity index (χ4v) is 3.53. The first-order chi connectivity index (χ1) is 15.0. The molecule has 0 aromatic heterocycles. The molecule has 2 aromatic rings. The van der Waals surface area contributed by atoms with Gasteiger partial charge >= 0.3 is 5.97 Å². The van der Waals surface area contributed by atoms with Crippen molar-refractivity contribution in [2.75, 3.05) is 32.6 Å². The number of guanidine groups is 1. The lowest BCUT2D eigenvalue weighted by Gasteiger charge is -2.26. The van der Waals surface area contributed by atoms with Gasteiger partial charge in [-0.05, 0) is 36.2 Å². The molecule has 1 aliphatic heterocycles. The van der Waals surface area contributed by atoms with Crippen LogP contribution < -0.4 is 20.7 Å². The average molecular weight is 552 g/mol. The predicted molar refractivity (Wildman–Crippen MR) is 135 cm³/mol. The molecule has 2 aromatic carbocycles. The van der Waals surface area contributed by atoms with Crippen LogP contribution in [0.2, 0.25) is 0 Å². The second-order valence-electron chi connectivity index (χ2n) is 7.14. The van der Waals surface area contributed by atoms with Crippen LogP contribution in [-0.4, -0.2) is 45.1 Å². The molecular weight excluding hydrogens is 523 g/mol. The first-order valence-electron chi connectivity index (χ1n) is 10.2. The summed E-state index contributed by atoms with van der Waals surface area (Å²) < 4.78 is 10.1. The summed E-state index contributed by atoms with van der Waals surface area (Å²) in [5.41, 5.74) is 3.25. The number of esters is 1. The number of nitrogens with zero attached hydrogens (tertiary/aromatic N) is 1. The number of carbonyl (C=O) groups is 2. The van der Waals surface area contributed by atoms with Gasteiger partial charge in [0.15, 0.2) is 5.96 Å². The number of benzene rings is 2. The Kier molecular flexibility index (Phi) is 9.76. The number of methoxy groups -OCH3 is 2. The second kappa shape index (κ2) is 12.3. The molecule has 0 fully saturated rings. The molecule has 1 atom stereocenters. The Morgan fingerprint density at radius 2 is 1.97 bits per heavy atom. The Labute approximate surface area is 205 Å². The number of para-hydroxylation sites is 1. The molecule has 3 N–H and O–H groups in total. The van der Waals surface area contributed by atoms with E-state index in [2.05, 4.69) is 20.9 Å². The summed E-state index contributed by atoms with van der Waals surface area (Å²) >= 11 is 0. The number of hydrogen-bond acceptors (Lipinski definition) is 5. The number of nitrogens with one attached hydrogen (secondary N) is 3. The number of amides is 1. The largest absolute Gasteiger partial charge is 0.496 e. The van der Waals surface area contributed by atoms with Crippen LogP contribution in [0.1, 0.15) is 40.7 Å². The number of halogens is 1. The van der Waals surface area contributed by atoms with Gasteiger partial charge in [-0.3, -0.25) is 4.79 Å². The maximum absolute atomic E-state index is 12.0. The highest BCUT2D eigenvalue weighted by atomic mass is 127. The normalized spacial score (nSPS) is 15.0. The molecular formula is C23H29IN4O4. The number of carbonyl (C=O) groups excluding carboxylic acids is 2. The van der Waals surface area contributed by atoms with E-state index >= 15 is 0 Å². The molecule has 0 spiro atoms. The zero-order chi connectivity index (χ0) is 22.2. The molecule has 0 bridgehead atoms. The number of fused-ring (bicyclic) bond motifs is 1. The van der Waals surface area contributed by atoms with Crippen molar-refractivity contribution < 1.29 is 19.1 Å². The molecule has 0 aliphatic carbocycles. The van der Waals surface area contributed by atoms with Crippen LogP contribution in [0, 0.1) is 0 Å². The van der Waals surface area contributed by atoms with Crippen molar-refractivity contribution >= 4 is 47.5 Å². The van der Waals surface area contributed by atoms with Crippen LogP contribution in [0.15, 0.2) is 47.5 Å². The quantitative estimate of drug-likeness (QED) is 0.211. The van der Waals surface area contributed by atoms with Gasteiger partial charge in [0.05, 0.1) is 20.8 Å². The lowest BCUT2D eigenvalue weighted by atomic mass is 9.90. The van der Waals surface area contributed by atoms with Gasteiger partial charge in [-0.2, -0.15) is 0 Å². The first-order valence-corrected chi connectivity index (χ1v) is 10.2. The number of ether oxygens (including phenoxy) is 2. The van der Waals surface area contributed by atoms with Gasteiger partial charge in [-0.1, -0.05) is 24.3 Å². The van der Waals surface area contributed by atoms with E-state index in [9.17, 15) is 9.59 Å². The van der Waals surface area contributed by atoms with Crippen LogP contribution in [0.3, 0.4) is 0 Å². The molecule has 1 aliphatic rings. The standard InChI is InChI=1S/C23H28N4O4.HI/c1-4-24-23(25-13-15-9-10-18(22(29)31-3)20(11-15)30-2)26-14-16-12-21(28)27-19-8-6-5-7-17(16)19;/h5-11,16H,4,12-14H2,1-3H3,(H,27,28)(H2,24,25,26);1H. The van der Waals surface area contributed by atoms with E-state index in [1.165, 1.54) is 14.2 Å². The summed E-state index contributed by atoms with van der Waals surface area (Å²) in [5, 5.41) is 9.49. The van der Waals surface area contributed by atoms with Crippen molar-refractivity contribution in [2.24, 2.45) is 4.99 Å². The molecule has 8 nitrogen and oxygen atoms in total. The molecule has 1 amide bonds. The topological polar surface area (TPSA) is 101 Å². The van der Waals surface area contributed by atoms with E-state index in [1.807, 2.05) is 37.3 Å². The molecule has 9 heteroatoms. The Hall–Kier alpha value is -2.82. The van der Waals surface area contributed by atoms with E-state index in [4.69, 9.17) is 9.47 Å². The van der Waals surface area contributed by atoms with Gasteiger partial charge in [0.1, 0.15) is 11.3 Å². The van der Waals surface area contributed by atoms with Crippen LogP contribution >= 0.6 is 24.0 Å². The zero-order valence-electron chi connectivity index (χ0n) is 18.4. The molecule has 3 rings (SSSR count). The van der Waals surface area contributed by atoms with E-state index in [0.29, 0.717) is 43.3 Å². The van der Waals surface area contributed by atoms with Crippen molar-refractivity contribution in [3.63, 3.8) is 0 Å². The number of rotatable bonds is 7. The average Bonchev–Trinajstić information content (AvgIpc) is 2.79. The van der Waals surface area contributed by atoms with Crippen molar-refractivity contribution in [2.45, 2.75) is 25.8 Å². The van der Waals surface area contributed by atoms with Gasteiger partial charge in [-0.15, -0.1) is 24.0 Å². The van der Waals surface area contributed by atoms with Crippen molar-refractivity contribution in [3.8, 4) is 5.75 Å². The summed E-state index contributed by atoms with van der Waals surface area (Å²) in [6.45, 7) is 3.68. The molecule has 1 unspecified atom stereocenters. The Morgan fingerprint density at radius 3 is 2.69 bits per heavy atom. The number of hydrogen-bond donors (Lipinski definition) is 3. The lowest BCUT2D eigenvalue weighted by Crippen LogP contribution is -2.40. The third-order valence-corrected chi connectivity index (χ3v) is 5.06. The second-order valence-corrected chi connectivity index (χ2v) is 7.14. The minimum atomic E-state index is -0.446. The summed E-state index contributed by atoms with van der Waals surface area (Å²) in [7, 11) is 2.85. The summed E-state index contributed by atoms with van der Waals surface area (Å²) in [6.07, 6.45) is 0.426. The van der Waals surface area contributed by atoms with Gasteiger partial charge < -0.3 is 25.4 Å². The van der Waals surface area contributed by atoms with Crippen molar-refractivity contribution in [1.29, 1.82) is 0 Å². The highest BCUT2D eigenvalue weighted by Crippen LogP contribution is 2.31. The van der Waals surface area contributed by atoms with Crippen LogP contribution in [0.4, 0.5) is 5.69 Å². The molecule has 0 saturated heterocycles. The molecule has 0 saturated carbocycles. The first kappa shape index (κ1) is 25.4. The number of anilines is 1. The van der Waals surface area contributed by atoms with Gasteiger partial charge in [0.25, 0.3) is 0 Å². The molecule has 172 valence electrons. The Balaban J connectivity index is 0.00000363. The lowest BCUT2D eigenvalue weighted by molar-refractivity contribution is -0.116. The maximum atomic E-state index is 12.0. The SMILES string of the molecule is CCNC(=NCc1ccc(C(=O)OC)c(OC)c1)NCC1CC(=O)Nc2ccccc21.I. The van der Waals surface area contributed by atoms with Gasteiger partial charge in [0, 0.05) is 31.1 Å². The monoisotopic (exact) mass is 552 g/mol. The third kappa shape index (κ3) is 6.35. The van der Waals surface area contributed by atoms with E-state index < -0.39 is 5.97 Å². The van der Waals surface area contributed by atoms with Crippen molar-refractivity contribution in [1.82, 2.24) is 10.6 Å². The third-order valence-electron chi connectivity index (χ3n) is 5.06. The summed E-state index contributed by atoms with van der Waals surface area (Å²) in [5.74, 6) is 0.737. The smallest absolute Gasteiger partial charge is 0.341 e. The molecule has 0 radical (unpaired) electrons.